The molecule has 0 fully saturated rings. The van der Waals surface area contributed by atoms with Crippen LogP contribution in [0.1, 0.15) is 0 Å². The average Bonchev–Trinajstić information content (AvgIpc) is 2.23. The van der Waals surface area contributed by atoms with Gasteiger partial charge in [0.1, 0.15) is 0 Å². The summed E-state index contributed by atoms with van der Waals surface area (Å²) in [6.45, 7) is 24.9. The fourth-order valence-electron chi connectivity index (χ4n) is 2.73. The van der Waals surface area contributed by atoms with E-state index in [9.17, 15) is 0 Å². The van der Waals surface area contributed by atoms with E-state index in [1.165, 1.54) is 0 Å². The van der Waals surface area contributed by atoms with Gasteiger partial charge in [-0.1, -0.05) is 12.2 Å². The van der Waals surface area contributed by atoms with Crippen molar-refractivity contribution in [3.8, 4) is 0 Å². The van der Waals surface area contributed by atoms with E-state index in [-0.39, 0.29) is 0 Å². The Hall–Kier alpha value is 0.404. The Kier molecular flexibility index (Phi) is 9.95. The summed E-state index contributed by atoms with van der Waals surface area (Å²) in [6.07, 6.45) is 3.85. The first-order valence-electron chi connectivity index (χ1n) is 8.30. The van der Waals surface area contributed by atoms with Crippen LogP contribution in [0, 0.1) is 0 Å². The summed E-state index contributed by atoms with van der Waals surface area (Å²) in [6, 6.07) is 1.69. The van der Waals surface area contributed by atoms with Crippen molar-refractivity contribution < 1.29 is 16.5 Å². The topological polar surface area (TPSA) is 36.9 Å². The molecule has 0 saturated heterocycles. The fraction of sp³-hybridized carbons (Fsp3) is 0.714. The summed E-state index contributed by atoms with van der Waals surface area (Å²) in [5.74, 6) is 0. The van der Waals surface area contributed by atoms with E-state index < -0.39 is 43.8 Å². The zero-order valence-electron chi connectivity index (χ0n) is 16.3. The standard InChI is InChI=1S/C14H36O4Si5/c1-11-13-21(6,7)17-22(8,9)18-23(10,14-12-2)16-20(5)15-19(3)4/h11-12,19-20H,1-2,13-14H2,3-10H3. The highest BCUT2D eigenvalue weighted by atomic mass is 28.5. The minimum Gasteiger partial charge on any atom is -0.442 e. The van der Waals surface area contributed by atoms with Gasteiger partial charge in [-0.15, -0.1) is 13.2 Å². The van der Waals surface area contributed by atoms with E-state index in [1.54, 1.807) is 0 Å². The summed E-state index contributed by atoms with van der Waals surface area (Å²) in [7, 11) is -9.16. The molecule has 0 aliphatic rings. The van der Waals surface area contributed by atoms with Crippen LogP contribution in [-0.2, 0) is 16.5 Å². The first-order chi connectivity index (χ1) is 10.3. The summed E-state index contributed by atoms with van der Waals surface area (Å²) >= 11 is 0. The molecule has 9 heteroatoms. The maximum Gasteiger partial charge on any atom is 0.321 e. The maximum atomic E-state index is 6.53. The lowest BCUT2D eigenvalue weighted by atomic mass is 10.8. The third-order valence-electron chi connectivity index (χ3n) is 3.01. The summed E-state index contributed by atoms with van der Waals surface area (Å²) < 4.78 is 25.3. The Morgan fingerprint density at radius 2 is 1.39 bits per heavy atom. The van der Waals surface area contributed by atoms with Crippen molar-refractivity contribution in [1.82, 2.24) is 0 Å². The molecule has 2 unspecified atom stereocenters. The minimum absolute atomic E-state index is 0.760. The van der Waals surface area contributed by atoms with Gasteiger partial charge >= 0.3 is 17.1 Å². The van der Waals surface area contributed by atoms with Crippen molar-refractivity contribution in [3.63, 3.8) is 0 Å². The molecule has 0 N–H and O–H groups in total. The van der Waals surface area contributed by atoms with Crippen molar-refractivity contribution in [2.45, 2.75) is 64.5 Å². The van der Waals surface area contributed by atoms with Crippen LogP contribution in [0.4, 0.5) is 0 Å². The highest BCUT2D eigenvalue weighted by molar-refractivity contribution is 6.88. The molecule has 0 radical (unpaired) electrons. The molecule has 0 aliphatic heterocycles. The Bertz CT molecular complexity index is 389. The van der Waals surface area contributed by atoms with Crippen LogP contribution >= 0.6 is 0 Å². The van der Waals surface area contributed by atoms with Gasteiger partial charge in [-0.25, -0.2) is 0 Å². The molecule has 2 atom stereocenters. The van der Waals surface area contributed by atoms with Gasteiger partial charge in [-0.05, 0) is 58.4 Å². The molecular formula is C14H36O4Si5. The predicted molar refractivity (Wildman–Crippen MR) is 113 cm³/mol. The van der Waals surface area contributed by atoms with Crippen LogP contribution in [0.15, 0.2) is 25.3 Å². The maximum absolute atomic E-state index is 6.53. The molecule has 136 valence electrons. The molecule has 0 saturated carbocycles. The van der Waals surface area contributed by atoms with Crippen molar-refractivity contribution in [1.29, 1.82) is 0 Å². The molecule has 0 aromatic heterocycles. The molecule has 0 amide bonds. The zero-order valence-corrected chi connectivity index (χ0v) is 21.6. The van der Waals surface area contributed by atoms with Crippen molar-refractivity contribution in [2.75, 3.05) is 0 Å². The molecule has 0 aromatic carbocycles. The molecular weight excluding hydrogens is 373 g/mol. The van der Waals surface area contributed by atoms with E-state index in [0.717, 1.165) is 12.1 Å². The number of rotatable bonds is 12. The second-order valence-corrected chi connectivity index (χ2v) is 23.7. The van der Waals surface area contributed by atoms with Crippen LogP contribution in [0.25, 0.3) is 0 Å². The summed E-state index contributed by atoms with van der Waals surface area (Å²) in [5, 5.41) is 0. The van der Waals surface area contributed by atoms with Crippen molar-refractivity contribution >= 4 is 43.8 Å². The van der Waals surface area contributed by atoms with E-state index in [1.807, 2.05) is 12.2 Å². The summed E-state index contributed by atoms with van der Waals surface area (Å²) in [4.78, 5) is 0. The van der Waals surface area contributed by atoms with Gasteiger partial charge in [0.25, 0.3) is 9.28 Å². The van der Waals surface area contributed by atoms with E-state index in [0.29, 0.717) is 0 Å². The Balaban J connectivity index is 5.00. The van der Waals surface area contributed by atoms with Gasteiger partial charge in [-0.3, -0.25) is 0 Å². The Morgan fingerprint density at radius 1 is 0.870 bits per heavy atom. The number of hydrogen-bond donors (Lipinski definition) is 0. The Morgan fingerprint density at radius 3 is 1.83 bits per heavy atom. The van der Waals surface area contributed by atoms with E-state index >= 15 is 0 Å². The van der Waals surface area contributed by atoms with Crippen LogP contribution < -0.4 is 0 Å². The third kappa shape index (κ3) is 10.8. The first-order valence-corrected chi connectivity index (χ1v) is 21.6. The molecule has 23 heavy (non-hydrogen) atoms. The van der Waals surface area contributed by atoms with Crippen LogP contribution in [0.3, 0.4) is 0 Å². The van der Waals surface area contributed by atoms with Gasteiger partial charge in [0.15, 0.2) is 17.4 Å². The highest BCUT2D eigenvalue weighted by Crippen LogP contribution is 2.26. The van der Waals surface area contributed by atoms with E-state index in [4.69, 9.17) is 16.5 Å². The van der Waals surface area contributed by atoms with Gasteiger partial charge < -0.3 is 16.5 Å². The van der Waals surface area contributed by atoms with Crippen molar-refractivity contribution in [2.24, 2.45) is 0 Å². The second-order valence-electron chi connectivity index (χ2n) is 7.35. The monoisotopic (exact) mass is 408 g/mol. The molecule has 0 aromatic rings. The third-order valence-corrected chi connectivity index (χ3v) is 20.2. The lowest BCUT2D eigenvalue weighted by Crippen LogP contribution is -2.56. The minimum atomic E-state index is -2.36. The molecule has 0 heterocycles. The van der Waals surface area contributed by atoms with Crippen LogP contribution in [-0.4, -0.2) is 43.8 Å². The molecule has 4 nitrogen and oxygen atoms in total. The SMILES string of the molecule is C=CC[Si](C)(C)O[Si](C)(C)O[Si](C)(CC=C)O[SiH](C)O[SiH](C)C. The number of allylic oxidation sites excluding steroid dienone is 2. The highest BCUT2D eigenvalue weighted by Gasteiger charge is 2.43. The van der Waals surface area contributed by atoms with Gasteiger partial charge in [-0.2, -0.15) is 0 Å². The largest absolute Gasteiger partial charge is 0.442 e. The quantitative estimate of drug-likeness (QED) is 0.357. The molecule has 0 bridgehead atoms. The smallest absolute Gasteiger partial charge is 0.321 e. The van der Waals surface area contributed by atoms with Crippen LogP contribution in [0.2, 0.25) is 64.5 Å². The molecule has 0 aliphatic carbocycles. The van der Waals surface area contributed by atoms with Crippen molar-refractivity contribution in [3.05, 3.63) is 25.3 Å². The fourth-order valence-corrected chi connectivity index (χ4v) is 22.3. The van der Waals surface area contributed by atoms with Gasteiger partial charge in [0, 0.05) is 6.04 Å². The van der Waals surface area contributed by atoms with Crippen LogP contribution in [0.5, 0.6) is 0 Å². The summed E-state index contributed by atoms with van der Waals surface area (Å²) in [5.41, 5.74) is 0. The predicted octanol–water partition coefficient (Wildman–Crippen LogP) is 4.24. The van der Waals surface area contributed by atoms with Gasteiger partial charge in [0.2, 0.25) is 0 Å². The zero-order chi connectivity index (χ0) is 18.3. The molecule has 0 rings (SSSR count). The lowest BCUT2D eigenvalue weighted by Gasteiger charge is -2.40. The number of hydrogen-bond acceptors (Lipinski definition) is 4. The van der Waals surface area contributed by atoms with E-state index in [2.05, 4.69) is 65.5 Å². The first kappa shape index (κ1) is 23.4. The molecule has 0 spiro atoms. The normalized spacial score (nSPS) is 16.9. The average molecular weight is 409 g/mol. The van der Waals surface area contributed by atoms with Gasteiger partial charge in [0.05, 0.1) is 0 Å². The second kappa shape index (κ2) is 9.78. The lowest BCUT2D eigenvalue weighted by molar-refractivity contribution is 0.310. The Labute approximate surface area is 150 Å².